The summed E-state index contributed by atoms with van der Waals surface area (Å²) in [5.74, 6) is 2.54. The molecule has 1 saturated carbocycles. The number of guanidine groups is 1. The van der Waals surface area contributed by atoms with Crippen LogP contribution in [-0.2, 0) is 6.54 Å². The van der Waals surface area contributed by atoms with Crippen LogP contribution >= 0.6 is 24.0 Å². The predicted octanol–water partition coefficient (Wildman–Crippen LogP) is 4.88. The number of hydrogen-bond donors (Lipinski definition) is 2. The standard InChI is InChI=1S/C22H29N3O3.HI/c1-15-8-9-16(20(12-15)28-18-6-4-5-7-18)14-24-22(23)25-17-10-11-19(26-2)21(13-17)27-3;/h8-13,18H,4-7,14H2,1-3H3,(H3,23,24,25);1H. The Hall–Kier alpha value is -2.16. The highest BCUT2D eigenvalue weighted by molar-refractivity contribution is 14.0. The molecule has 2 aromatic rings. The maximum Gasteiger partial charge on any atom is 0.193 e. The highest BCUT2D eigenvalue weighted by atomic mass is 127. The minimum Gasteiger partial charge on any atom is -0.493 e. The van der Waals surface area contributed by atoms with E-state index in [9.17, 15) is 0 Å². The molecular formula is C22H30IN3O3. The van der Waals surface area contributed by atoms with Gasteiger partial charge in [-0.1, -0.05) is 12.1 Å². The Bertz CT molecular complexity index is 836. The van der Waals surface area contributed by atoms with Crippen molar-refractivity contribution in [2.24, 2.45) is 10.7 Å². The Labute approximate surface area is 189 Å². The molecule has 0 aliphatic heterocycles. The quantitative estimate of drug-likeness (QED) is 0.315. The second-order valence-electron chi connectivity index (χ2n) is 7.03. The maximum atomic E-state index is 6.23. The van der Waals surface area contributed by atoms with E-state index in [0.29, 0.717) is 30.1 Å². The van der Waals surface area contributed by atoms with E-state index in [1.54, 1.807) is 14.2 Å². The van der Waals surface area contributed by atoms with Crippen molar-refractivity contribution >= 4 is 35.6 Å². The number of hydrogen-bond acceptors (Lipinski definition) is 4. The molecule has 0 atom stereocenters. The molecule has 0 bridgehead atoms. The highest BCUT2D eigenvalue weighted by Crippen LogP contribution is 2.30. The van der Waals surface area contributed by atoms with Crippen molar-refractivity contribution in [2.75, 3.05) is 19.5 Å². The number of benzene rings is 2. The molecule has 0 unspecified atom stereocenters. The summed E-state index contributed by atoms with van der Waals surface area (Å²) in [6.45, 7) is 2.52. The van der Waals surface area contributed by atoms with E-state index in [1.807, 2.05) is 18.2 Å². The number of halogens is 1. The van der Waals surface area contributed by atoms with Crippen molar-refractivity contribution in [3.05, 3.63) is 47.5 Å². The van der Waals surface area contributed by atoms with Crippen molar-refractivity contribution in [3.8, 4) is 17.2 Å². The molecule has 7 heteroatoms. The number of methoxy groups -OCH3 is 2. The van der Waals surface area contributed by atoms with Gasteiger partial charge in [-0.25, -0.2) is 4.99 Å². The monoisotopic (exact) mass is 511 g/mol. The van der Waals surface area contributed by atoms with Crippen molar-refractivity contribution < 1.29 is 14.2 Å². The normalized spacial score (nSPS) is 14.2. The smallest absolute Gasteiger partial charge is 0.193 e. The first-order chi connectivity index (χ1) is 13.6. The van der Waals surface area contributed by atoms with Gasteiger partial charge in [-0.3, -0.25) is 0 Å². The lowest BCUT2D eigenvalue weighted by atomic mass is 10.1. The molecule has 0 radical (unpaired) electrons. The van der Waals surface area contributed by atoms with Gasteiger partial charge in [0.05, 0.1) is 26.9 Å². The van der Waals surface area contributed by atoms with Gasteiger partial charge in [0.1, 0.15) is 5.75 Å². The largest absolute Gasteiger partial charge is 0.493 e. The molecule has 1 fully saturated rings. The average Bonchev–Trinajstić information content (AvgIpc) is 3.20. The molecule has 0 heterocycles. The fourth-order valence-electron chi connectivity index (χ4n) is 3.36. The molecule has 29 heavy (non-hydrogen) atoms. The number of nitrogens with zero attached hydrogens (tertiary/aromatic N) is 1. The lowest BCUT2D eigenvalue weighted by molar-refractivity contribution is 0.208. The van der Waals surface area contributed by atoms with Crippen molar-refractivity contribution in [2.45, 2.75) is 45.3 Å². The number of rotatable bonds is 7. The van der Waals surface area contributed by atoms with Crippen LogP contribution in [0.25, 0.3) is 0 Å². The summed E-state index contributed by atoms with van der Waals surface area (Å²) < 4.78 is 16.8. The molecule has 0 amide bonds. The first-order valence-corrected chi connectivity index (χ1v) is 9.64. The van der Waals surface area contributed by atoms with Crippen LogP contribution in [-0.4, -0.2) is 26.3 Å². The second kappa shape index (κ2) is 11.1. The van der Waals surface area contributed by atoms with Gasteiger partial charge >= 0.3 is 0 Å². The molecule has 3 rings (SSSR count). The van der Waals surface area contributed by atoms with Crippen LogP contribution in [0.4, 0.5) is 5.69 Å². The zero-order chi connectivity index (χ0) is 19.9. The average molecular weight is 511 g/mol. The van der Waals surface area contributed by atoms with E-state index in [4.69, 9.17) is 19.9 Å². The van der Waals surface area contributed by atoms with Gasteiger partial charge < -0.3 is 25.3 Å². The number of aryl methyl sites for hydroxylation is 1. The van der Waals surface area contributed by atoms with Crippen LogP contribution in [0.3, 0.4) is 0 Å². The van der Waals surface area contributed by atoms with Crippen LogP contribution in [0.1, 0.15) is 36.8 Å². The minimum absolute atomic E-state index is 0. The third-order valence-electron chi connectivity index (χ3n) is 4.89. The molecule has 6 nitrogen and oxygen atoms in total. The van der Waals surface area contributed by atoms with E-state index in [-0.39, 0.29) is 24.0 Å². The van der Waals surface area contributed by atoms with Gasteiger partial charge in [-0.15, -0.1) is 24.0 Å². The summed E-state index contributed by atoms with van der Waals surface area (Å²) in [6, 6.07) is 11.7. The lowest BCUT2D eigenvalue weighted by Gasteiger charge is -2.17. The van der Waals surface area contributed by atoms with Crippen LogP contribution in [0.2, 0.25) is 0 Å². The zero-order valence-corrected chi connectivity index (χ0v) is 19.6. The maximum absolute atomic E-state index is 6.23. The first-order valence-electron chi connectivity index (χ1n) is 9.64. The number of aliphatic imine (C=N–C) groups is 1. The summed E-state index contributed by atoms with van der Waals surface area (Å²) in [5.41, 5.74) is 9.08. The predicted molar refractivity (Wildman–Crippen MR) is 128 cm³/mol. The third-order valence-corrected chi connectivity index (χ3v) is 4.89. The zero-order valence-electron chi connectivity index (χ0n) is 17.2. The van der Waals surface area contributed by atoms with Crippen LogP contribution in [0.15, 0.2) is 41.4 Å². The molecule has 158 valence electrons. The molecule has 1 aliphatic rings. The van der Waals surface area contributed by atoms with Gasteiger partial charge in [-0.2, -0.15) is 0 Å². The summed E-state index contributed by atoms with van der Waals surface area (Å²) in [5, 5.41) is 3.09. The van der Waals surface area contributed by atoms with Gasteiger partial charge in [-0.05, 0) is 56.4 Å². The van der Waals surface area contributed by atoms with E-state index in [2.05, 4.69) is 35.4 Å². The molecular weight excluding hydrogens is 481 g/mol. The van der Waals surface area contributed by atoms with Crippen molar-refractivity contribution in [1.29, 1.82) is 0 Å². The molecule has 2 aromatic carbocycles. The minimum atomic E-state index is 0. The summed E-state index contributed by atoms with van der Waals surface area (Å²) in [7, 11) is 3.20. The number of nitrogens with two attached hydrogens (primary N) is 1. The Morgan fingerprint density at radius 3 is 2.45 bits per heavy atom. The van der Waals surface area contributed by atoms with Crippen LogP contribution in [0, 0.1) is 6.92 Å². The Kier molecular flexibility index (Phi) is 8.88. The van der Waals surface area contributed by atoms with E-state index in [1.165, 1.54) is 18.4 Å². The van der Waals surface area contributed by atoms with Gasteiger partial charge in [0, 0.05) is 17.3 Å². The Morgan fingerprint density at radius 1 is 1.03 bits per heavy atom. The summed E-state index contributed by atoms with van der Waals surface area (Å²) in [4.78, 5) is 4.48. The fourth-order valence-corrected chi connectivity index (χ4v) is 3.36. The Balaban J connectivity index is 0.00000300. The SMILES string of the molecule is COc1ccc(NC(N)=NCc2ccc(C)cc2OC2CCCC2)cc1OC.I. The van der Waals surface area contributed by atoms with E-state index < -0.39 is 0 Å². The highest BCUT2D eigenvalue weighted by Gasteiger charge is 2.18. The number of ether oxygens (including phenoxy) is 3. The summed E-state index contributed by atoms with van der Waals surface area (Å²) >= 11 is 0. The Morgan fingerprint density at radius 2 is 1.76 bits per heavy atom. The third kappa shape index (κ3) is 6.42. The van der Waals surface area contributed by atoms with E-state index in [0.717, 1.165) is 29.8 Å². The first kappa shape index (κ1) is 23.1. The number of anilines is 1. The number of nitrogens with one attached hydrogen (secondary N) is 1. The lowest BCUT2D eigenvalue weighted by Crippen LogP contribution is -2.22. The second-order valence-corrected chi connectivity index (χ2v) is 7.03. The molecule has 1 aliphatic carbocycles. The van der Waals surface area contributed by atoms with Gasteiger partial charge in [0.15, 0.2) is 17.5 Å². The molecule has 0 aromatic heterocycles. The molecule has 0 spiro atoms. The fraction of sp³-hybridized carbons (Fsp3) is 0.409. The molecule has 0 saturated heterocycles. The van der Waals surface area contributed by atoms with Crippen LogP contribution < -0.4 is 25.3 Å². The van der Waals surface area contributed by atoms with Gasteiger partial charge in [0.25, 0.3) is 0 Å². The van der Waals surface area contributed by atoms with Crippen LogP contribution in [0.5, 0.6) is 17.2 Å². The topological polar surface area (TPSA) is 78.1 Å². The van der Waals surface area contributed by atoms with Crippen molar-refractivity contribution in [3.63, 3.8) is 0 Å². The van der Waals surface area contributed by atoms with E-state index >= 15 is 0 Å². The molecule has 3 N–H and O–H groups in total. The van der Waals surface area contributed by atoms with Crippen molar-refractivity contribution in [1.82, 2.24) is 0 Å². The summed E-state index contributed by atoms with van der Waals surface area (Å²) in [6.07, 6.45) is 5.05. The van der Waals surface area contributed by atoms with Gasteiger partial charge in [0.2, 0.25) is 0 Å².